The van der Waals surface area contributed by atoms with Gasteiger partial charge in [-0.1, -0.05) is 21.1 Å². The number of aryl methyl sites for hydroxylation is 2. The molecule has 114 valence electrons. The van der Waals surface area contributed by atoms with Crippen LogP contribution in [0.1, 0.15) is 17.0 Å². The zero-order valence-corrected chi connectivity index (χ0v) is 12.8. The fourth-order valence-electron chi connectivity index (χ4n) is 1.79. The lowest BCUT2D eigenvalue weighted by Crippen LogP contribution is -2.18. The minimum atomic E-state index is -4.75. The zero-order valence-electron chi connectivity index (χ0n) is 11.2. The number of aromatic nitrogens is 1. The molecule has 0 saturated heterocycles. The summed E-state index contributed by atoms with van der Waals surface area (Å²) in [4.78, 5) is 0. The molecule has 4 nitrogen and oxygen atoms in total. The van der Waals surface area contributed by atoms with Gasteiger partial charge in [-0.3, -0.25) is 0 Å². The van der Waals surface area contributed by atoms with E-state index in [2.05, 4.69) is 31.1 Å². The number of halogens is 4. The molecule has 0 saturated carbocycles. The number of ether oxygens (including phenoxy) is 1. The van der Waals surface area contributed by atoms with Crippen molar-refractivity contribution in [1.29, 1.82) is 0 Å². The topological polar surface area (TPSA) is 47.3 Å². The average molecular weight is 365 g/mol. The summed E-state index contributed by atoms with van der Waals surface area (Å²) in [5.74, 6) is 0.319. The van der Waals surface area contributed by atoms with Crippen LogP contribution in [0.25, 0.3) is 0 Å². The van der Waals surface area contributed by atoms with Gasteiger partial charge in [0.2, 0.25) is 0 Å². The highest BCUT2D eigenvalue weighted by molar-refractivity contribution is 9.10. The summed E-state index contributed by atoms with van der Waals surface area (Å²) in [6, 6.07) is 4.38. The third kappa shape index (κ3) is 4.13. The fourth-order valence-corrected chi connectivity index (χ4v) is 2.13. The maximum absolute atomic E-state index is 12.4. The lowest BCUT2D eigenvalue weighted by Gasteiger charge is -2.15. The lowest BCUT2D eigenvalue weighted by atomic mass is 10.2. The van der Waals surface area contributed by atoms with E-state index in [1.54, 1.807) is 19.9 Å². The number of hydrogen-bond donors (Lipinski definition) is 1. The predicted molar refractivity (Wildman–Crippen MR) is 74.1 cm³/mol. The van der Waals surface area contributed by atoms with Gasteiger partial charge in [0.1, 0.15) is 5.76 Å². The highest BCUT2D eigenvalue weighted by Gasteiger charge is 2.32. The van der Waals surface area contributed by atoms with Crippen LogP contribution in [-0.2, 0) is 6.54 Å². The van der Waals surface area contributed by atoms with E-state index in [0.29, 0.717) is 15.9 Å². The second-order valence-electron chi connectivity index (χ2n) is 4.34. The van der Waals surface area contributed by atoms with Gasteiger partial charge in [0.15, 0.2) is 5.75 Å². The normalized spacial score (nSPS) is 11.5. The van der Waals surface area contributed by atoms with Gasteiger partial charge >= 0.3 is 6.36 Å². The highest BCUT2D eigenvalue weighted by Crippen LogP contribution is 2.33. The number of nitrogens with one attached hydrogen (secondary N) is 1. The first-order valence-corrected chi connectivity index (χ1v) is 6.76. The second-order valence-corrected chi connectivity index (χ2v) is 5.26. The summed E-state index contributed by atoms with van der Waals surface area (Å²) < 4.78 is 46.7. The maximum atomic E-state index is 12.4. The molecular formula is C13H12BrF3N2O2. The van der Waals surface area contributed by atoms with Crippen LogP contribution in [0.15, 0.2) is 27.2 Å². The molecule has 0 atom stereocenters. The molecule has 0 aliphatic rings. The number of anilines is 1. The van der Waals surface area contributed by atoms with Crippen LogP contribution < -0.4 is 10.1 Å². The predicted octanol–water partition coefficient (Wildman–Crippen LogP) is 4.56. The minimum absolute atomic E-state index is 0.232. The zero-order chi connectivity index (χ0) is 15.6. The first-order chi connectivity index (χ1) is 9.76. The van der Waals surface area contributed by atoms with Crippen LogP contribution >= 0.6 is 15.9 Å². The molecule has 1 aromatic carbocycles. The third-order valence-corrected chi connectivity index (χ3v) is 3.30. The molecule has 0 unspecified atom stereocenters. The molecule has 21 heavy (non-hydrogen) atoms. The molecule has 1 heterocycles. The van der Waals surface area contributed by atoms with Crippen molar-refractivity contribution in [3.63, 3.8) is 0 Å². The monoisotopic (exact) mass is 364 g/mol. The summed E-state index contributed by atoms with van der Waals surface area (Å²) in [5, 5.41) is 6.69. The van der Waals surface area contributed by atoms with Crippen molar-refractivity contribution in [2.45, 2.75) is 26.8 Å². The van der Waals surface area contributed by atoms with Gasteiger partial charge in [-0.2, -0.15) is 0 Å². The van der Waals surface area contributed by atoms with Gasteiger partial charge in [0, 0.05) is 16.6 Å². The van der Waals surface area contributed by atoms with Gasteiger partial charge in [0.25, 0.3) is 0 Å². The highest BCUT2D eigenvalue weighted by atomic mass is 79.9. The van der Waals surface area contributed by atoms with Gasteiger partial charge in [-0.05, 0) is 32.0 Å². The Morgan fingerprint density at radius 1 is 1.33 bits per heavy atom. The maximum Gasteiger partial charge on any atom is 0.573 e. The SMILES string of the molecule is Cc1noc(C)c1CNc1ccc(Br)cc1OC(F)(F)F. The van der Waals surface area contributed by atoms with Crippen molar-refractivity contribution in [3.05, 3.63) is 39.7 Å². The van der Waals surface area contributed by atoms with Gasteiger partial charge in [-0.15, -0.1) is 13.2 Å². The molecule has 2 rings (SSSR count). The Morgan fingerprint density at radius 2 is 2.05 bits per heavy atom. The summed E-state index contributed by atoms with van der Waals surface area (Å²) >= 11 is 3.12. The van der Waals surface area contributed by atoms with E-state index >= 15 is 0 Å². The van der Waals surface area contributed by atoms with Gasteiger partial charge in [-0.25, -0.2) is 0 Å². The summed E-state index contributed by atoms with van der Waals surface area (Å²) in [6.07, 6.45) is -4.75. The average Bonchev–Trinajstić information content (AvgIpc) is 2.67. The minimum Gasteiger partial charge on any atom is -0.404 e. The van der Waals surface area contributed by atoms with Crippen LogP contribution in [0.3, 0.4) is 0 Å². The molecule has 0 bridgehead atoms. The summed E-state index contributed by atoms with van der Waals surface area (Å²) in [5.41, 5.74) is 1.72. The van der Waals surface area contributed by atoms with Gasteiger partial charge < -0.3 is 14.6 Å². The van der Waals surface area contributed by atoms with Crippen molar-refractivity contribution < 1.29 is 22.4 Å². The molecule has 1 aromatic heterocycles. The Kier molecular flexibility index (Phi) is 4.46. The lowest BCUT2D eigenvalue weighted by molar-refractivity contribution is -0.274. The Bertz CT molecular complexity index is 621. The molecule has 0 aliphatic heterocycles. The number of rotatable bonds is 4. The van der Waals surface area contributed by atoms with Gasteiger partial charge in [0.05, 0.1) is 11.4 Å². The quantitative estimate of drug-likeness (QED) is 0.863. The van der Waals surface area contributed by atoms with E-state index < -0.39 is 6.36 Å². The number of nitrogens with zero attached hydrogens (tertiary/aromatic N) is 1. The molecule has 8 heteroatoms. The molecule has 0 radical (unpaired) electrons. The molecule has 0 fully saturated rings. The van der Waals surface area contributed by atoms with E-state index in [0.717, 1.165) is 5.56 Å². The van der Waals surface area contributed by atoms with Crippen molar-refractivity contribution in [1.82, 2.24) is 5.16 Å². The van der Waals surface area contributed by atoms with E-state index in [-0.39, 0.29) is 18.0 Å². The molecule has 0 amide bonds. The van der Waals surface area contributed by atoms with Crippen molar-refractivity contribution in [3.8, 4) is 5.75 Å². The smallest absolute Gasteiger partial charge is 0.404 e. The first kappa shape index (κ1) is 15.7. The first-order valence-electron chi connectivity index (χ1n) is 5.97. The Balaban J connectivity index is 2.20. The number of hydrogen-bond acceptors (Lipinski definition) is 4. The Hall–Kier alpha value is -1.70. The fraction of sp³-hybridized carbons (Fsp3) is 0.308. The van der Waals surface area contributed by atoms with Crippen LogP contribution in [0, 0.1) is 13.8 Å². The van der Waals surface area contributed by atoms with E-state index in [9.17, 15) is 13.2 Å². The van der Waals surface area contributed by atoms with E-state index in [4.69, 9.17) is 4.52 Å². The molecule has 2 aromatic rings. The summed E-state index contributed by atoms with van der Waals surface area (Å²) in [7, 11) is 0. The van der Waals surface area contributed by atoms with Crippen LogP contribution in [0.4, 0.5) is 18.9 Å². The Labute approximate surface area is 127 Å². The van der Waals surface area contributed by atoms with Crippen LogP contribution in [-0.4, -0.2) is 11.5 Å². The number of alkyl halides is 3. The van der Waals surface area contributed by atoms with Crippen molar-refractivity contribution in [2.75, 3.05) is 5.32 Å². The standard InChI is InChI=1S/C13H12BrF3N2O2/c1-7-10(8(2)21-19-7)6-18-11-4-3-9(14)5-12(11)20-13(15,16)17/h3-5,18H,6H2,1-2H3. The van der Waals surface area contributed by atoms with Crippen LogP contribution in [0.5, 0.6) is 5.75 Å². The molecular weight excluding hydrogens is 353 g/mol. The van der Waals surface area contributed by atoms with Crippen molar-refractivity contribution >= 4 is 21.6 Å². The Morgan fingerprint density at radius 3 is 2.62 bits per heavy atom. The van der Waals surface area contributed by atoms with Crippen molar-refractivity contribution in [2.24, 2.45) is 0 Å². The second kappa shape index (κ2) is 5.97. The molecule has 0 spiro atoms. The van der Waals surface area contributed by atoms with E-state index in [1.165, 1.54) is 12.1 Å². The molecule has 0 aliphatic carbocycles. The molecule has 1 N–H and O–H groups in total. The van der Waals surface area contributed by atoms with Crippen LogP contribution in [0.2, 0.25) is 0 Å². The van der Waals surface area contributed by atoms with E-state index in [1.807, 2.05) is 0 Å². The number of benzene rings is 1. The largest absolute Gasteiger partial charge is 0.573 e. The summed E-state index contributed by atoms with van der Waals surface area (Å²) in [6.45, 7) is 3.80. The third-order valence-electron chi connectivity index (χ3n) is 2.81.